The zero-order chi connectivity index (χ0) is 18.9. The smallest absolute Gasteiger partial charge is 0.230 e. The van der Waals surface area contributed by atoms with Gasteiger partial charge in [0, 0.05) is 5.75 Å². The Morgan fingerprint density at radius 1 is 0.963 bits per heavy atom. The van der Waals surface area contributed by atoms with Crippen molar-refractivity contribution in [3.8, 4) is 11.5 Å². The summed E-state index contributed by atoms with van der Waals surface area (Å²) < 4.78 is 10.7. The number of carbonyl (C=O) groups excluding carboxylic acids is 1. The summed E-state index contributed by atoms with van der Waals surface area (Å²) in [6.45, 7) is 0.922. The maximum Gasteiger partial charge on any atom is 0.230 e. The topological polar surface area (TPSA) is 47.6 Å². The van der Waals surface area contributed by atoms with Crippen LogP contribution in [0.4, 0.5) is 0 Å². The molecule has 0 aliphatic rings. The number of hydrogen-bond donors (Lipinski definition) is 1. The van der Waals surface area contributed by atoms with Crippen molar-refractivity contribution in [1.29, 1.82) is 0 Å². The number of fused-ring (bicyclic) bond motifs is 1. The Bertz CT molecular complexity index is 875. The van der Waals surface area contributed by atoms with Gasteiger partial charge in [0.05, 0.1) is 19.4 Å². The monoisotopic (exact) mass is 381 g/mol. The van der Waals surface area contributed by atoms with Crippen LogP contribution in [0.1, 0.15) is 5.56 Å². The second-order valence-corrected chi connectivity index (χ2v) is 6.99. The van der Waals surface area contributed by atoms with Gasteiger partial charge in [-0.3, -0.25) is 4.79 Å². The number of carbonyl (C=O) groups is 1. The van der Waals surface area contributed by atoms with Crippen LogP contribution >= 0.6 is 11.8 Å². The van der Waals surface area contributed by atoms with E-state index in [-0.39, 0.29) is 5.91 Å². The average Bonchev–Trinajstić information content (AvgIpc) is 2.72. The molecular formula is C22H23NO3S. The van der Waals surface area contributed by atoms with E-state index < -0.39 is 0 Å². The Labute approximate surface area is 163 Å². The van der Waals surface area contributed by atoms with Gasteiger partial charge in [0.1, 0.15) is 18.1 Å². The lowest BCUT2D eigenvalue weighted by Crippen LogP contribution is -2.29. The molecule has 0 heterocycles. The molecule has 0 bridgehead atoms. The molecule has 0 saturated carbocycles. The van der Waals surface area contributed by atoms with Crippen molar-refractivity contribution in [3.63, 3.8) is 0 Å². The molecule has 4 nitrogen and oxygen atoms in total. The zero-order valence-corrected chi connectivity index (χ0v) is 16.1. The van der Waals surface area contributed by atoms with E-state index in [0.29, 0.717) is 18.9 Å². The van der Waals surface area contributed by atoms with Crippen LogP contribution in [0.3, 0.4) is 0 Å². The number of amides is 1. The van der Waals surface area contributed by atoms with Gasteiger partial charge in [0.25, 0.3) is 0 Å². The Balaban J connectivity index is 1.36. The van der Waals surface area contributed by atoms with Gasteiger partial charge in [0.2, 0.25) is 5.91 Å². The Kier molecular flexibility index (Phi) is 6.99. The Hall–Kier alpha value is -2.66. The molecule has 3 aromatic carbocycles. The summed E-state index contributed by atoms with van der Waals surface area (Å²) in [4.78, 5) is 12.0. The molecule has 0 radical (unpaired) electrons. The predicted octanol–water partition coefficient (Wildman–Crippen LogP) is 4.28. The number of rotatable bonds is 9. The molecule has 3 aromatic rings. The van der Waals surface area contributed by atoms with Gasteiger partial charge >= 0.3 is 0 Å². The molecule has 1 N–H and O–H groups in total. The average molecular weight is 381 g/mol. The summed E-state index contributed by atoms with van der Waals surface area (Å²) in [5.74, 6) is 2.83. The van der Waals surface area contributed by atoms with Gasteiger partial charge < -0.3 is 14.8 Å². The fraction of sp³-hybridized carbons (Fsp3) is 0.227. The van der Waals surface area contributed by atoms with E-state index in [1.54, 1.807) is 18.9 Å². The molecule has 0 fully saturated rings. The number of hydrogen-bond acceptors (Lipinski definition) is 4. The number of nitrogens with one attached hydrogen (secondary N) is 1. The molecule has 0 aliphatic carbocycles. The normalized spacial score (nSPS) is 10.6. The Morgan fingerprint density at radius 3 is 2.52 bits per heavy atom. The lowest BCUT2D eigenvalue weighted by atomic mass is 10.1. The first kappa shape index (κ1) is 19.1. The molecule has 0 aliphatic heterocycles. The van der Waals surface area contributed by atoms with Crippen LogP contribution in [-0.2, 0) is 10.5 Å². The van der Waals surface area contributed by atoms with Gasteiger partial charge in [-0.05, 0) is 40.6 Å². The fourth-order valence-corrected chi connectivity index (χ4v) is 3.62. The third kappa shape index (κ3) is 5.66. The van der Waals surface area contributed by atoms with E-state index >= 15 is 0 Å². The first-order chi connectivity index (χ1) is 13.3. The highest BCUT2D eigenvalue weighted by atomic mass is 32.2. The molecule has 0 spiro atoms. The molecule has 5 heteroatoms. The fourth-order valence-electron chi connectivity index (χ4n) is 2.75. The third-order valence-corrected chi connectivity index (χ3v) is 5.10. The zero-order valence-electron chi connectivity index (χ0n) is 15.3. The Morgan fingerprint density at radius 2 is 1.70 bits per heavy atom. The van der Waals surface area contributed by atoms with Gasteiger partial charge in [-0.2, -0.15) is 0 Å². The van der Waals surface area contributed by atoms with Gasteiger partial charge in [-0.1, -0.05) is 42.5 Å². The van der Waals surface area contributed by atoms with Crippen LogP contribution in [0.2, 0.25) is 0 Å². The standard InChI is InChI=1S/C22H23NO3S/c1-25-19-9-11-20(12-10-19)26-14-13-23-22(24)16-27-15-18-7-4-6-17-5-2-3-8-21(17)18/h2-12H,13-16H2,1H3,(H,23,24). The molecular weight excluding hydrogens is 358 g/mol. The van der Waals surface area contributed by atoms with Gasteiger partial charge in [0.15, 0.2) is 0 Å². The van der Waals surface area contributed by atoms with Crippen LogP contribution in [0, 0.1) is 0 Å². The van der Waals surface area contributed by atoms with Crippen molar-refractivity contribution in [2.45, 2.75) is 5.75 Å². The first-order valence-electron chi connectivity index (χ1n) is 8.84. The highest BCUT2D eigenvalue weighted by molar-refractivity contribution is 7.99. The summed E-state index contributed by atoms with van der Waals surface area (Å²) in [5.41, 5.74) is 1.26. The third-order valence-electron chi connectivity index (χ3n) is 4.12. The van der Waals surface area contributed by atoms with E-state index in [0.717, 1.165) is 17.3 Å². The lowest BCUT2D eigenvalue weighted by Gasteiger charge is -2.09. The number of methoxy groups -OCH3 is 1. The van der Waals surface area contributed by atoms with E-state index in [9.17, 15) is 4.79 Å². The molecule has 1 amide bonds. The summed E-state index contributed by atoms with van der Waals surface area (Å²) in [6, 6.07) is 22.0. The maximum absolute atomic E-state index is 12.0. The highest BCUT2D eigenvalue weighted by Gasteiger charge is 2.04. The van der Waals surface area contributed by atoms with Crippen LogP contribution in [0.25, 0.3) is 10.8 Å². The molecule has 0 saturated heterocycles. The minimum absolute atomic E-state index is 0.0265. The van der Waals surface area contributed by atoms with Crippen molar-refractivity contribution < 1.29 is 14.3 Å². The molecule has 27 heavy (non-hydrogen) atoms. The lowest BCUT2D eigenvalue weighted by molar-refractivity contribution is -0.118. The maximum atomic E-state index is 12.0. The van der Waals surface area contributed by atoms with Gasteiger partial charge in [-0.25, -0.2) is 0 Å². The van der Waals surface area contributed by atoms with Crippen LogP contribution in [-0.4, -0.2) is 31.9 Å². The second-order valence-electron chi connectivity index (χ2n) is 6.01. The van der Waals surface area contributed by atoms with Crippen molar-refractivity contribution in [2.75, 3.05) is 26.0 Å². The van der Waals surface area contributed by atoms with E-state index in [1.807, 2.05) is 36.4 Å². The summed E-state index contributed by atoms with van der Waals surface area (Å²) in [7, 11) is 1.63. The van der Waals surface area contributed by atoms with Crippen LogP contribution in [0.15, 0.2) is 66.7 Å². The van der Waals surface area contributed by atoms with Crippen molar-refractivity contribution in [1.82, 2.24) is 5.32 Å². The highest BCUT2D eigenvalue weighted by Crippen LogP contribution is 2.22. The number of ether oxygens (including phenoxy) is 2. The van der Waals surface area contributed by atoms with E-state index in [4.69, 9.17) is 9.47 Å². The van der Waals surface area contributed by atoms with E-state index in [1.165, 1.54) is 16.3 Å². The molecule has 0 atom stereocenters. The largest absolute Gasteiger partial charge is 0.497 e. The SMILES string of the molecule is COc1ccc(OCCNC(=O)CSCc2cccc3ccccc23)cc1. The van der Waals surface area contributed by atoms with Crippen molar-refractivity contribution in [3.05, 3.63) is 72.3 Å². The molecule has 0 unspecified atom stereocenters. The number of benzene rings is 3. The summed E-state index contributed by atoms with van der Waals surface area (Å²) in [6.07, 6.45) is 0. The molecule has 0 aromatic heterocycles. The van der Waals surface area contributed by atoms with Gasteiger partial charge in [-0.15, -0.1) is 11.8 Å². The summed E-state index contributed by atoms with van der Waals surface area (Å²) in [5, 5.41) is 5.37. The molecule has 140 valence electrons. The minimum Gasteiger partial charge on any atom is -0.497 e. The van der Waals surface area contributed by atoms with Crippen molar-refractivity contribution >= 4 is 28.4 Å². The second kappa shape index (κ2) is 9.88. The first-order valence-corrected chi connectivity index (χ1v) is 9.99. The predicted molar refractivity (Wildman–Crippen MR) is 112 cm³/mol. The quantitative estimate of drug-likeness (QED) is 0.562. The van der Waals surface area contributed by atoms with Crippen LogP contribution < -0.4 is 14.8 Å². The van der Waals surface area contributed by atoms with Crippen LogP contribution in [0.5, 0.6) is 11.5 Å². The van der Waals surface area contributed by atoms with E-state index in [2.05, 4.69) is 35.6 Å². The van der Waals surface area contributed by atoms with Crippen molar-refractivity contribution in [2.24, 2.45) is 0 Å². The summed E-state index contributed by atoms with van der Waals surface area (Å²) >= 11 is 1.62. The molecule has 3 rings (SSSR count). The minimum atomic E-state index is 0.0265. The number of thioether (sulfide) groups is 1.